The molecule has 0 aliphatic rings. The summed E-state index contributed by atoms with van der Waals surface area (Å²) < 4.78 is 31.5. The maximum absolute atomic E-state index is 13.4. The first kappa shape index (κ1) is 15.2. The highest BCUT2D eigenvalue weighted by molar-refractivity contribution is 7.99. The van der Waals surface area contributed by atoms with Crippen molar-refractivity contribution in [1.82, 2.24) is 0 Å². The molecule has 2 aromatic carbocycles. The largest absolute Gasteiger partial charge is 0.492 e. The number of hydrogen-bond acceptors (Lipinski definition) is 4. The van der Waals surface area contributed by atoms with Gasteiger partial charge in [-0.3, -0.25) is 10.1 Å². The normalized spacial score (nSPS) is 10.4. The molecule has 0 fully saturated rings. The Morgan fingerprint density at radius 1 is 1.19 bits per heavy atom. The van der Waals surface area contributed by atoms with E-state index in [-0.39, 0.29) is 12.3 Å². The second-order valence-corrected chi connectivity index (χ2v) is 5.16. The van der Waals surface area contributed by atoms with Crippen LogP contribution in [-0.2, 0) is 0 Å². The molecule has 7 heteroatoms. The number of halogens is 2. The van der Waals surface area contributed by atoms with Crippen molar-refractivity contribution in [2.45, 2.75) is 4.90 Å². The number of hydrogen-bond donors (Lipinski definition) is 0. The van der Waals surface area contributed by atoms with Crippen molar-refractivity contribution in [2.24, 2.45) is 0 Å². The van der Waals surface area contributed by atoms with E-state index in [9.17, 15) is 18.9 Å². The lowest BCUT2D eigenvalue weighted by atomic mass is 10.3. The molecule has 0 N–H and O–H groups in total. The monoisotopic (exact) mass is 311 g/mol. The van der Waals surface area contributed by atoms with Crippen LogP contribution in [0.5, 0.6) is 5.75 Å². The number of thioether (sulfide) groups is 1. The quantitative estimate of drug-likeness (QED) is 0.349. The molecular weight excluding hydrogens is 300 g/mol. The molecule has 0 aliphatic carbocycles. The maximum atomic E-state index is 13.4. The van der Waals surface area contributed by atoms with Gasteiger partial charge in [-0.1, -0.05) is 6.07 Å². The average molecular weight is 311 g/mol. The zero-order chi connectivity index (χ0) is 15.2. The van der Waals surface area contributed by atoms with Crippen LogP contribution in [0, 0.1) is 21.7 Å². The van der Waals surface area contributed by atoms with Crippen molar-refractivity contribution in [1.29, 1.82) is 0 Å². The van der Waals surface area contributed by atoms with E-state index in [1.54, 1.807) is 6.07 Å². The Kier molecular flexibility index (Phi) is 5.10. The van der Waals surface area contributed by atoms with Crippen LogP contribution in [0.25, 0.3) is 0 Å². The summed E-state index contributed by atoms with van der Waals surface area (Å²) in [5.74, 6) is -0.421. The van der Waals surface area contributed by atoms with E-state index in [1.807, 2.05) is 0 Å². The number of nitrogens with zero attached hydrogens (tertiary/aromatic N) is 1. The van der Waals surface area contributed by atoms with Gasteiger partial charge in [0.1, 0.15) is 17.4 Å². The highest BCUT2D eigenvalue weighted by Gasteiger charge is 2.07. The summed E-state index contributed by atoms with van der Waals surface area (Å²) in [5, 5.41) is 10.6. The van der Waals surface area contributed by atoms with Gasteiger partial charge in [-0.2, -0.15) is 0 Å². The molecule has 0 unspecified atom stereocenters. The third-order valence-corrected chi connectivity index (χ3v) is 3.54. The van der Waals surface area contributed by atoms with Crippen LogP contribution in [0.2, 0.25) is 0 Å². The number of rotatable bonds is 6. The van der Waals surface area contributed by atoms with E-state index >= 15 is 0 Å². The van der Waals surface area contributed by atoms with Gasteiger partial charge >= 0.3 is 0 Å². The summed E-state index contributed by atoms with van der Waals surface area (Å²) in [4.78, 5) is 10.4. The summed E-state index contributed by atoms with van der Waals surface area (Å²) in [6, 6.07) is 9.20. The first-order valence-corrected chi connectivity index (χ1v) is 7.00. The van der Waals surface area contributed by atoms with Gasteiger partial charge < -0.3 is 4.74 Å². The molecule has 0 saturated heterocycles. The Bertz CT molecular complexity index is 652. The summed E-state index contributed by atoms with van der Waals surface area (Å²) in [7, 11) is 0. The standard InChI is InChI=1S/C14H11F2NO3S/c15-10-4-5-14(13(16)8-10)21-7-6-20-12-3-1-2-11(9-12)17(18)19/h1-5,8-9H,6-7H2. The number of benzene rings is 2. The van der Waals surface area contributed by atoms with Crippen molar-refractivity contribution in [3.05, 3.63) is 64.2 Å². The molecule has 0 atom stereocenters. The molecule has 21 heavy (non-hydrogen) atoms. The first-order valence-electron chi connectivity index (χ1n) is 6.01. The van der Waals surface area contributed by atoms with Crippen LogP contribution in [0.1, 0.15) is 0 Å². The third-order valence-electron chi connectivity index (χ3n) is 2.53. The fourth-order valence-electron chi connectivity index (χ4n) is 1.59. The van der Waals surface area contributed by atoms with Gasteiger partial charge in [0, 0.05) is 22.8 Å². The average Bonchev–Trinajstić information content (AvgIpc) is 2.45. The van der Waals surface area contributed by atoms with Crippen LogP contribution in [-0.4, -0.2) is 17.3 Å². The number of ether oxygens (including phenoxy) is 1. The van der Waals surface area contributed by atoms with Crippen LogP contribution >= 0.6 is 11.8 Å². The molecule has 0 spiro atoms. The van der Waals surface area contributed by atoms with Crippen molar-refractivity contribution in [2.75, 3.05) is 12.4 Å². The van der Waals surface area contributed by atoms with E-state index in [2.05, 4.69) is 0 Å². The first-order chi connectivity index (χ1) is 10.1. The molecule has 2 rings (SSSR count). The van der Waals surface area contributed by atoms with Gasteiger partial charge in [0.05, 0.1) is 17.6 Å². The van der Waals surface area contributed by atoms with E-state index in [4.69, 9.17) is 4.74 Å². The summed E-state index contributed by atoms with van der Waals surface area (Å²) in [6.07, 6.45) is 0. The Morgan fingerprint density at radius 2 is 2.00 bits per heavy atom. The molecule has 0 aliphatic heterocycles. The predicted octanol–water partition coefficient (Wildman–Crippen LogP) is 4.04. The van der Waals surface area contributed by atoms with Crippen LogP contribution in [0.3, 0.4) is 0 Å². The molecule has 0 radical (unpaired) electrons. The topological polar surface area (TPSA) is 52.4 Å². The highest BCUT2D eigenvalue weighted by atomic mass is 32.2. The minimum atomic E-state index is -0.621. The number of nitro benzene ring substituents is 1. The van der Waals surface area contributed by atoms with Gasteiger partial charge in [-0.05, 0) is 18.2 Å². The molecule has 0 amide bonds. The van der Waals surface area contributed by atoms with E-state index < -0.39 is 16.6 Å². The lowest BCUT2D eigenvalue weighted by Crippen LogP contribution is -2.01. The van der Waals surface area contributed by atoms with E-state index in [1.165, 1.54) is 42.1 Å². The predicted molar refractivity (Wildman–Crippen MR) is 75.7 cm³/mol. The minimum absolute atomic E-state index is 0.0512. The Morgan fingerprint density at radius 3 is 2.71 bits per heavy atom. The summed E-state index contributed by atoms with van der Waals surface area (Å²) >= 11 is 1.18. The molecule has 2 aromatic rings. The molecule has 110 valence electrons. The van der Waals surface area contributed by atoms with Crippen LogP contribution in [0.15, 0.2) is 47.4 Å². The second kappa shape index (κ2) is 7.03. The Hall–Kier alpha value is -2.15. The maximum Gasteiger partial charge on any atom is 0.273 e. The van der Waals surface area contributed by atoms with E-state index in [0.29, 0.717) is 16.4 Å². The summed E-state index contributed by atoms with van der Waals surface area (Å²) in [6.45, 7) is 0.253. The van der Waals surface area contributed by atoms with E-state index in [0.717, 1.165) is 6.07 Å². The SMILES string of the molecule is O=[N+]([O-])c1cccc(OCCSc2ccc(F)cc2F)c1. The third kappa shape index (κ3) is 4.42. The fraction of sp³-hybridized carbons (Fsp3) is 0.143. The van der Waals surface area contributed by atoms with Crippen molar-refractivity contribution < 1.29 is 18.4 Å². The van der Waals surface area contributed by atoms with Gasteiger partial charge in [0.15, 0.2) is 0 Å². The number of nitro groups is 1. The Balaban J connectivity index is 1.84. The highest BCUT2D eigenvalue weighted by Crippen LogP contribution is 2.23. The molecule has 0 aromatic heterocycles. The number of non-ortho nitro benzene ring substituents is 1. The smallest absolute Gasteiger partial charge is 0.273 e. The lowest BCUT2D eigenvalue weighted by molar-refractivity contribution is -0.384. The fourth-order valence-corrected chi connectivity index (χ4v) is 2.34. The Labute approximate surface area is 123 Å². The van der Waals surface area contributed by atoms with Crippen molar-refractivity contribution in [3.63, 3.8) is 0 Å². The molecule has 4 nitrogen and oxygen atoms in total. The zero-order valence-electron chi connectivity index (χ0n) is 10.8. The van der Waals surface area contributed by atoms with Gasteiger partial charge in [0.25, 0.3) is 5.69 Å². The van der Waals surface area contributed by atoms with Crippen molar-refractivity contribution in [3.8, 4) is 5.75 Å². The molecule has 0 bridgehead atoms. The van der Waals surface area contributed by atoms with Gasteiger partial charge in [0.2, 0.25) is 0 Å². The second-order valence-electron chi connectivity index (χ2n) is 4.03. The van der Waals surface area contributed by atoms with Gasteiger partial charge in [-0.15, -0.1) is 11.8 Å². The molecular formula is C14H11F2NO3S. The zero-order valence-corrected chi connectivity index (χ0v) is 11.6. The lowest BCUT2D eigenvalue weighted by Gasteiger charge is -2.06. The molecule has 0 saturated carbocycles. The minimum Gasteiger partial charge on any atom is -0.492 e. The van der Waals surface area contributed by atoms with Crippen molar-refractivity contribution >= 4 is 17.4 Å². The van der Waals surface area contributed by atoms with Crippen LogP contribution in [0.4, 0.5) is 14.5 Å². The summed E-state index contributed by atoms with van der Waals surface area (Å²) in [5.41, 5.74) is -0.0512. The van der Waals surface area contributed by atoms with Gasteiger partial charge in [-0.25, -0.2) is 8.78 Å². The van der Waals surface area contributed by atoms with Crippen LogP contribution < -0.4 is 4.74 Å². The molecule has 0 heterocycles.